The van der Waals surface area contributed by atoms with E-state index in [1.54, 1.807) is 6.92 Å². The Morgan fingerprint density at radius 1 is 0.826 bits per heavy atom. The summed E-state index contributed by atoms with van der Waals surface area (Å²) in [7, 11) is -5.20. The zero-order valence-corrected chi connectivity index (χ0v) is 36.3. The summed E-state index contributed by atoms with van der Waals surface area (Å²) in [6.45, 7) is 43.1. The molecule has 0 aromatic heterocycles. The first-order valence-electron chi connectivity index (χ1n) is 17.3. The smallest absolute Gasteiger partial charge is 0.344 e. The maximum absolute atomic E-state index is 14.6. The van der Waals surface area contributed by atoms with Crippen LogP contribution in [-0.2, 0) is 32.3 Å². The van der Waals surface area contributed by atoms with E-state index in [-0.39, 0.29) is 44.4 Å². The average molecular weight is 699 g/mol. The summed E-state index contributed by atoms with van der Waals surface area (Å²) < 4.78 is 33.0. The largest absolute Gasteiger partial charge is 0.488 e. The summed E-state index contributed by atoms with van der Waals surface area (Å²) in [5.41, 5.74) is -1.52. The molecule has 1 fully saturated rings. The van der Waals surface area contributed by atoms with Gasteiger partial charge in [-0.15, -0.1) is 0 Å². The molecule has 2 rings (SSSR count). The predicted molar refractivity (Wildman–Crippen MR) is 196 cm³/mol. The first kappa shape index (κ1) is 41.4. The molecule has 1 heterocycles. The normalized spacial score (nSPS) is 26.6. The lowest BCUT2D eigenvalue weighted by Gasteiger charge is -2.61. The van der Waals surface area contributed by atoms with Crippen LogP contribution in [-0.4, -0.2) is 68.7 Å². The zero-order chi connectivity index (χ0) is 36.3. The first-order chi connectivity index (χ1) is 20.3. The Bertz CT molecular complexity index is 1140. The third-order valence-corrected chi connectivity index (χ3v) is 26.2. The van der Waals surface area contributed by atoms with Crippen LogP contribution >= 0.6 is 0 Å². The summed E-state index contributed by atoms with van der Waals surface area (Å²) in [5.74, 6) is -1.17. The van der Waals surface area contributed by atoms with Crippen molar-refractivity contribution in [3.63, 3.8) is 0 Å². The topological polar surface area (TPSA) is 80.3 Å². The lowest BCUT2D eigenvalue weighted by Crippen LogP contribution is -2.68. The van der Waals surface area contributed by atoms with Crippen molar-refractivity contribution < 1.29 is 32.3 Å². The van der Waals surface area contributed by atoms with Crippen LogP contribution in [0.4, 0.5) is 0 Å². The minimum absolute atomic E-state index is 0.000247. The van der Waals surface area contributed by atoms with Gasteiger partial charge >= 0.3 is 5.97 Å². The molecule has 1 aliphatic carbocycles. The Balaban J connectivity index is 2.80. The second-order valence-corrected chi connectivity index (χ2v) is 33.8. The molecule has 10 heteroatoms. The number of esters is 1. The molecular weight excluding hydrogens is 629 g/mol. The fourth-order valence-corrected chi connectivity index (χ4v) is 10.0. The molecule has 268 valence electrons. The minimum atomic E-state index is -2.31. The van der Waals surface area contributed by atoms with Crippen molar-refractivity contribution in [1.82, 2.24) is 0 Å². The van der Waals surface area contributed by atoms with E-state index in [9.17, 15) is 9.59 Å². The van der Waals surface area contributed by atoms with Crippen molar-refractivity contribution in [2.75, 3.05) is 20.3 Å². The Hall–Kier alpha value is -0.789. The highest BCUT2D eigenvalue weighted by Gasteiger charge is 2.66. The second-order valence-electron chi connectivity index (χ2n) is 19.4. The van der Waals surface area contributed by atoms with E-state index in [0.717, 1.165) is 0 Å². The maximum atomic E-state index is 14.6. The highest BCUT2D eigenvalue weighted by atomic mass is 28.4. The molecule has 7 nitrogen and oxygen atoms in total. The van der Waals surface area contributed by atoms with Crippen molar-refractivity contribution >= 4 is 36.7 Å². The summed E-state index contributed by atoms with van der Waals surface area (Å²) in [5, 5.41) is 0.0626. The molecule has 0 unspecified atom stereocenters. The number of ether oxygens (including phenoxy) is 2. The number of fused-ring (bicyclic) bond motifs is 1. The number of Topliss-reactive ketones (excluding diaryl/α,β-unsaturated/α-hetero) is 1. The Morgan fingerprint density at radius 2 is 1.24 bits per heavy atom. The SMILES string of the molecule is COC(=O)C1=C(C)O[C@]2(C)[C@@H](O[Si](C)(C)C(C)(C)C)C[C@@H](C(CO[Si](C)(C)C(C)(C)C)CO[Si](C)(C)C(C)(C)C)C(C)(C)[C@H]2C1=O. The van der Waals surface area contributed by atoms with Gasteiger partial charge in [0, 0.05) is 19.1 Å². The van der Waals surface area contributed by atoms with Crippen molar-refractivity contribution in [2.45, 2.75) is 163 Å². The van der Waals surface area contributed by atoms with Crippen LogP contribution in [0.15, 0.2) is 11.3 Å². The highest BCUT2D eigenvalue weighted by Crippen LogP contribution is 2.59. The number of allylic oxidation sites excluding steroid dienone is 1. The maximum Gasteiger partial charge on any atom is 0.344 e. The van der Waals surface area contributed by atoms with Gasteiger partial charge < -0.3 is 22.8 Å². The van der Waals surface area contributed by atoms with Gasteiger partial charge in [0.2, 0.25) is 0 Å². The van der Waals surface area contributed by atoms with Crippen molar-refractivity contribution in [3.8, 4) is 0 Å². The van der Waals surface area contributed by atoms with E-state index in [2.05, 4.69) is 115 Å². The summed E-state index contributed by atoms with van der Waals surface area (Å²) >= 11 is 0. The van der Waals surface area contributed by atoms with E-state index in [1.165, 1.54) is 7.11 Å². The molecule has 46 heavy (non-hydrogen) atoms. The van der Waals surface area contributed by atoms with E-state index < -0.39 is 47.9 Å². The number of hydrogen-bond donors (Lipinski definition) is 0. The predicted octanol–water partition coefficient (Wildman–Crippen LogP) is 9.50. The van der Waals surface area contributed by atoms with Gasteiger partial charge in [0.25, 0.3) is 0 Å². The molecule has 0 radical (unpaired) electrons. The number of hydrogen-bond acceptors (Lipinski definition) is 7. The summed E-state index contributed by atoms with van der Waals surface area (Å²) in [6, 6.07) is 0. The molecule has 1 saturated carbocycles. The fourth-order valence-electron chi connectivity index (χ4n) is 6.52. The molecular formula is C36H70O7Si3. The molecule has 0 aromatic carbocycles. The van der Waals surface area contributed by atoms with Crippen LogP contribution in [0.25, 0.3) is 0 Å². The van der Waals surface area contributed by atoms with Gasteiger partial charge in [0.1, 0.15) is 16.9 Å². The van der Waals surface area contributed by atoms with Gasteiger partial charge in [0.05, 0.1) is 19.1 Å². The Labute approximate surface area is 285 Å². The van der Waals surface area contributed by atoms with Crippen molar-refractivity contribution in [2.24, 2.45) is 23.2 Å². The lowest BCUT2D eigenvalue weighted by atomic mass is 9.51. The molecule has 2 aliphatic rings. The Kier molecular flexibility index (Phi) is 11.8. The minimum Gasteiger partial charge on any atom is -0.488 e. The van der Waals surface area contributed by atoms with Crippen molar-refractivity contribution in [1.29, 1.82) is 0 Å². The third kappa shape index (κ3) is 7.98. The van der Waals surface area contributed by atoms with Gasteiger partial charge in [-0.1, -0.05) is 76.2 Å². The molecule has 4 atom stereocenters. The zero-order valence-electron chi connectivity index (χ0n) is 33.3. The summed E-state index contributed by atoms with van der Waals surface area (Å²) in [6.07, 6.45) is 0.338. The van der Waals surface area contributed by atoms with E-state index in [4.69, 9.17) is 22.8 Å². The Morgan fingerprint density at radius 3 is 1.61 bits per heavy atom. The first-order valence-corrected chi connectivity index (χ1v) is 26.0. The second kappa shape index (κ2) is 13.2. The number of carbonyl (C=O) groups excluding carboxylic acids is 2. The van der Waals surface area contributed by atoms with Crippen LogP contribution < -0.4 is 0 Å². The molecule has 0 amide bonds. The lowest BCUT2D eigenvalue weighted by molar-refractivity contribution is -0.207. The molecule has 0 bridgehead atoms. The number of ketones is 1. The van der Waals surface area contributed by atoms with E-state index in [0.29, 0.717) is 25.4 Å². The van der Waals surface area contributed by atoms with Gasteiger partial charge in [-0.3, -0.25) is 4.79 Å². The third-order valence-electron chi connectivity index (χ3n) is 12.7. The van der Waals surface area contributed by atoms with Gasteiger partial charge in [0.15, 0.2) is 30.7 Å². The van der Waals surface area contributed by atoms with Crippen molar-refractivity contribution in [3.05, 3.63) is 11.3 Å². The van der Waals surface area contributed by atoms with Crippen LogP contribution in [0.2, 0.25) is 54.4 Å². The summed E-state index contributed by atoms with van der Waals surface area (Å²) in [4.78, 5) is 27.6. The van der Waals surface area contributed by atoms with E-state index in [1.807, 2.05) is 6.92 Å². The van der Waals surface area contributed by atoms with Gasteiger partial charge in [-0.05, 0) is 86.0 Å². The quantitative estimate of drug-likeness (QED) is 0.128. The number of carbonyl (C=O) groups is 2. The molecule has 0 spiro atoms. The average Bonchev–Trinajstić information content (AvgIpc) is 2.83. The molecule has 1 aliphatic heterocycles. The van der Waals surface area contributed by atoms with Crippen LogP contribution in [0, 0.1) is 23.2 Å². The van der Waals surface area contributed by atoms with Gasteiger partial charge in [-0.25, -0.2) is 4.79 Å². The number of methoxy groups -OCH3 is 1. The molecule has 0 N–H and O–H groups in total. The fraction of sp³-hybridized carbons (Fsp3) is 0.889. The standard InChI is InChI=1S/C36H70O7Si3/c1-24-28(31(38)39-14)29(37)30-35(11,12)26(21-27(36(30,13)42-24)43-46(19,20)34(8,9)10)25(22-40-44(15,16)32(2,3)4)23-41-45(17,18)33(5,6)7/h25-27,30H,21-23H2,1-20H3/t26-,27-,30+,36+/m0/s1. The van der Waals surface area contributed by atoms with Crippen LogP contribution in [0.3, 0.4) is 0 Å². The van der Waals surface area contributed by atoms with Crippen LogP contribution in [0.1, 0.15) is 96.4 Å². The van der Waals surface area contributed by atoms with Gasteiger partial charge in [-0.2, -0.15) is 0 Å². The molecule has 0 aromatic rings. The molecule has 0 saturated heterocycles. The van der Waals surface area contributed by atoms with E-state index >= 15 is 0 Å². The number of rotatable bonds is 10. The highest BCUT2D eigenvalue weighted by molar-refractivity contribution is 6.75. The monoisotopic (exact) mass is 698 g/mol. The van der Waals surface area contributed by atoms with Crippen LogP contribution in [0.5, 0.6) is 0 Å².